The van der Waals surface area contributed by atoms with Crippen molar-refractivity contribution in [3.05, 3.63) is 22.7 Å². The van der Waals surface area contributed by atoms with Crippen LogP contribution in [0.15, 0.2) is 22.7 Å². The fourth-order valence-corrected chi connectivity index (χ4v) is 1.86. The topological polar surface area (TPSA) is 29.3 Å². The number of hydrogen-bond donors (Lipinski definition) is 1. The van der Waals surface area contributed by atoms with Crippen LogP contribution in [0.5, 0.6) is 0 Å². The molecule has 0 aliphatic carbocycles. The molecule has 0 radical (unpaired) electrons. The Balaban J connectivity index is 2.35. The third-order valence-electron chi connectivity index (χ3n) is 1.92. The van der Waals surface area contributed by atoms with E-state index in [1.807, 2.05) is 0 Å². The molecule has 1 heterocycles. The molecular weight excluding hydrogens is 216 g/mol. The molecular formula is C9H15BrN2. The smallest absolute Gasteiger partial charge is 0.0300 e. The molecule has 0 aromatic carbocycles. The van der Waals surface area contributed by atoms with Crippen LogP contribution in [0.25, 0.3) is 0 Å². The quantitative estimate of drug-likeness (QED) is 0.745. The Hall–Kier alpha value is -0.120. The molecule has 1 rings (SSSR count). The predicted molar refractivity (Wildman–Crippen MR) is 56.3 cm³/mol. The van der Waals surface area contributed by atoms with Crippen LogP contribution < -0.4 is 5.73 Å². The summed E-state index contributed by atoms with van der Waals surface area (Å²) in [5, 5.41) is 0. The van der Waals surface area contributed by atoms with Gasteiger partial charge in [-0.25, -0.2) is 0 Å². The molecule has 0 unspecified atom stereocenters. The second kappa shape index (κ2) is 4.80. The average Bonchev–Trinajstić information content (AvgIpc) is 2.04. The Labute approximate surface area is 82.2 Å². The summed E-state index contributed by atoms with van der Waals surface area (Å²) in [4.78, 5) is 2.35. The normalized spacial score (nSPS) is 19.0. The van der Waals surface area contributed by atoms with Gasteiger partial charge in [0.05, 0.1) is 0 Å². The largest absolute Gasteiger partial charge is 0.327 e. The van der Waals surface area contributed by atoms with Gasteiger partial charge in [-0.15, -0.1) is 0 Å². The molecule has 0 fully saturated rings. The highest BCUT2D eigenvalue weighted by Crippen LogP contribution is 2.15. The molecule has 0 atom stereocenters. The van der Waals surface area contributed by atoms with Crippen molar-refractivity contribution in [1.82, 2.24) is 4.90 Å². The Bertz CT molecular complexity index is 199. The summed E-state index contributed by atoms with van der Waals surface area (Å²) in [5.41, 5.74) is 6.58. The van der Waals surface area contributed by atoms with E-state index in [0.717, 1.165) is 31.6 Å². The average molecular weight is 231 g/mol. The maximum Gasteiger partial charge on any atom is 0.0300 e. The highest BCUT2D eigenvalue weighted by atomic mass is 79.9. The zero-order valence-corrected chi connectivity index (χ0v) is 8.81. The first-order chi connectivity index (χ1) is 5.72. The van der Waals surface area contributed by atoms with E-state index in [1.54, 1.807) is 0 Å². The standard InChI is InChI=1S/C9H15BrN2/c1-8(5-11)6-12-4-2-3-9(10)7-12/h3H,1-2,4-7,11H2. The minimum absolute atomic E-state index is 0.595. The monoisotopic (exact) mass is 230 g/mol. The van der Waals surface area contributed by atoms with Crippen LogP contribution in [-0.4, -0.2) is 31.1 Å². The van der Waals surface area contributed by atoms with Gasteiger partial charge in [-0.1, -0.05) is 28.6 Å². The van der Waals surface area contributed by atoms with Gasteiger partial charge in [0, 0.05) is 30.7 Å². The summed E-state index contributed by atoms with van der Waals surface area (Å²) < 4.78 is 1.28. The molecule has 0 aromatic heterocycles. The van der Waals surface area contributed by atoms with Gasteiger partial charge in [-0.05, 0) is 12.0 Å². The molecule has 2 nitrogen and oxygen atoms in total. The van der Waals surface area contributed by atoms with E-state index in [4.69, 9.17) is 5.73 Å². The fraction of sp³-hybridized carbons (Fsp3) is 0.556. The minimum atomic E-state index is 0.595. The maximum absolute atomic E-state index is 5.47. The second-order valence-corrected chi connectivity index (χ2v) is 4.12. The Morgan fingerprint density at radius 1 is 1.75 bits per heavy atom. The van der Waals surface area contributed by atoms with Crippen LogP contribution in [0.2, 0.25) is 0 Å². The van der Waals surface area contributed by atoms with Gasteiger partial charge in [0.1, 0.15) is 0 Å². The summed E-state index contributed by atoms with van der Waals surface area (Å²) in [7, 11) is 0. The van der Waals surface area contributed by atoms with Gasteiger partial charge in [-0.2, -0.15) is 0 Å². The van der Waals surface area contributed by atoms with Crippen LogP contribution in [0.4, 0.5) is 0 Å². The summed E-state index contributed by atoms with van der Waals surface area (Å²) in [5.74, 6) is 0. The first-order valence-corrected chi connectivity index (χ1v) is 4.95. The van der Waals surface area contributed by atoms with Crippen LogP contribution in [0.1, 0.15) is 6.42 Å². The lowest BCUT2D eigenvalue weighted by Gasteiger charge is -2.25. The SMILES string of the molecule is C=C(CN)CN1CCC=C(Br)C1. The van der Waals surface area contributed by atoms with Crippen molar-refractivity contribution in [3.63, 3.8) is 0 Å². The van der Waals surface area contributed by atoms with Gasteiger partial charge in [0.15, 0.2) is 0 Å². The molecule has 0 aromatic rings. The van der Waals surface area contributed by atoms with Gasteiger partial charge in [0.2, 0.25) is 0 Å². The second-order valence-electron chi connectivity index (χ2n) is 3.10. The summed E-state index contributed by atoms with van der Waals surface area (Å²) >= 11 is 3.50. The highest BCUT2D eigenvalue weighted by molar-refractivity contribution is 9.11. The number of nitrogens with zero attached hydrogens (tertiary/aromatic N) is 1. The van der Waals surface area contributed by atoms with Crippen molar-refractivity contribution in [2.45, 2.75) is 6.42 Å². The fourth-order valence-electron chi connectivity index (χ4n) is 1.28. The molecule has 68 valence electrons. The van der Waals surface area contributed by atoms with Crippen LogP contribution in [0, 0.1) is 0 Å². The van der Waals surface area contributed by atoms with Gasteiger partial charge >= 0.3 is 0 Å². The molecule has 0 amide bonds. The van der Waals surface area contributed by atoms with E-state index in [-0.39, 0.29) is 0 Å². The van der Waals surface area contributed by atoms with Crippen molar-refractivity contribution < 1.29 is 0 Å². The summed E-state index contributed by atoms with van der Waals surface area (Å²) in [6.45, 7) is 7.53. The van der Waals surface area contributed by atoms with E-state index in [1.165, 1.54) is 4.48 Å². The molecule has 1 aliphatic rings. The van der Waals surface area contributed by atoms with E-state index in [0.29, 0.717) is 6.54 Å². The Morgan fingerprint density at radius 3 is 3.08 bits per heavy atom. The highest BCUT2D eigenvalue weighted by Gasteiger charge is 2.10. The molecule has 1 aliphatic heterocycles. The van der Waals surface area contributed by atoms with E-state index in [2.05, 4.69) is 33.5 Å². The van der Waals surface area contributed by atoms with Crippen LogP contribution in [0.3, 0.4) is 0 Å². The minimum Gasteiger partial charge on any atom is -0.327 e. The number of rotatable bonds is 3. The molecule has 0 saturated carbocycles. The molecule has 3 heteroatoms. The first-order valence-electron chi connectivity index (χ1n) is 4.16. The Morgan fingerprint density at radius 2 is 2.50 bits per heavy atom. The third-order valence-corrected chi connectivity index (χ3v) is 2.50. The van der Waals surface area contributed by atoms with Crippen LogP contribution in [-0.2, 0) is 0 Å². The molecule has 0 spiro atoms. The zero-order chi connectivity index (χ0) is 8.97. The Kier molecular flexibility index (Phi) is 3.98. The van der Waals surface area contributed by atoms with Crippen LogP contribution >= 0.6 is 15.9 Å². The van der Waals surface area contributed by atoms with Crippen molar-refractivity contribution in [3.8, 4) is 0 Å². The number of nitrogens with two attached hydrogens (primary N) is 1. The molecule has 0 bridgehead atoms. The first kappa shape index (κ1) is 9.96. The molecule has 12 heavy (non-hydrogen) atoms. The van der Waals surface area contributed by atoms with E-state index < -0.39 is 0 Å². The van der Waals surface area contributed by atoms with Crippen molar-refractivity contribution >= 4 is 15.9 Å². The zero-order valence-electron chi connectivity index (χ0n) is 7.22. The third kappa shape index (κ3) is 3.09. The van der Waals surface area contributed by atoms with Crippen molar-refractivity contribution in [2.75, 3.05) is 26.2 Å². The van der Waals surface area contributed by atoms with Gasteiger partial charge in [0.25, 0.3) is 0 Å². The lowest BCUT2D eigenvalue weighted by Crippen LogP contribution is -2.31. The molecule has 2 N–H and O–H groups in total. The number of hydrogen-bond acceptors (Lipinski definition) is 2. The van der Waals surface area contributed by atoms with Crippen molar-refractivity contribution in [1.29, 1.82) is 0 Å². The lowest BCUT2D eigenvalue weighted by atomic mass is 10.2. The van der Waals surface area contributed by atoms with Gasteiger partial charge in [-0.3, -0.25) is 4.90 Å². The summed E-state index contributed by atoms with van der Waals surface area (Å²) in [6, 6.07) is 0. The van der Waals surface area contributed by atoms with Gasteiger partial charge < -0.3 is 5.73 Å². The van der Waals surface area contributed by atoms with E-state index >= 15 is 0 Å². The molecule has 0 saturated heterocycles. The van der Waals surface area contributed by atoms with E-state index in [9.17, 15) is 0 Å². The maximum atomic E-state index is 5.47. The van der Waals surface area contributed by atoms with Crippen molar-refractivity contribution in [2.24, 2.45) is 5.73 Å². The lowest BCUT2D eigenvalue weighted by molar-refractivity contribution is 0.321. The predicted octanol–water partition coefficient (Wildman–Crippen LogP) is 1.49. The summed E-state index contributed by atoms with van der Waals surface area (Å²) in [6.07, 6.45) is 3.35. The number of halogens is 1.